The van der Waals surface area contributed by atoms with E-state index >= 15 is 0 Å². The number of rotatable bonds is 7. The number of nitrogens with zero attached hydrogens (tertiary/aromatic N) is 3. The summed E-state index contributed by atoms with van der Waals surface area (Å²) in [7, 11) is 0. The molecule has 4 aromatic rings. The van der Waals surface area contributed by atoms with E-state index in [0.29, 0.717) is 11.1 Å². The molecule has 0 bridgehead atoms. The highest BCUT2D eigenvalue weighted by Gasteiger charge is 2.49. The minimum absolute atomic E-state index is 0.207. The number of allylic oxidation sites excluding steroid dienone is 1. The summed E-state index contributed by atoms with van der Waals surface area (Å²) in [5, 5.41) is 4.14. The van der Waals surface area contributed by atoms with E-state index < -0.39 is 5.54 Å². The van der Waals surface area contributed by atoms with Crippen LogP contribution in [0, 0.1) is 0 Å². The molecule has 2 heterocycles. The highest BCUT2D eigenvalue weighted by Crippen LogP contribution is 2.43. The lowest BCUT2D eigenvalue weighted by atomic mass is 9.81. The fourth-order valence-corrected chi connectivity index (χ4v) is 5.24. The summed E-state index contributed by atoms with van der Waals surface area (Å²) in [5.74, 6) is -0.373. The van der Waals surface area contributed by atoms with Gasteiger partial charge in [0.25, 0.3) is 11.1 Å². The zero-order valence-electron chi connectivity index (χ0n) is 19.7. The van der Waals surface area contributed by atoms with Crippen molar-refractivity contribution in [3.05, 3.63) is 131 Å². The Morgan fingerprint density at radius 3 is 2.27 bits per heavy atom. The first-order chi connectivity index (χ1) is 18.0. The van der Waals surface area contributed by atoms with Crippen LogP contribution in [0.5, 0.6) is 0 Å². The van der Waals surface area contributed by atoms with Crippen LogP contribution in [0.2, 0.25) is 0 Å². The largest absolute Gasteiger partial charge is 0.468 e. The third-order valence-electron chi connectivity index (χ3n) is 5.91. The van der Waals surface area contributed by atoms with E-state index in [1.54, 1.807) is 12.3 Å². The number of aromatic nitrogens is 2. The van der Waals surface area contributed by atoms with Crippen LogP contribution in [0.1, 0.15) is 21.5 Å². The second kappa shape index (κ2) is 11.1. The molecule has 0 unspecified atom stereocenters. The van der Waals surface area contributed by atoms with Crippen molar-refractivity contribution >= 4 is 49.5 Å². The summed E-state index contributed by atoms with van der Waals surface area (Å²) in [4.78, 5) is 32.0. The maximum atomic E-state index is 13.9. The predicted molar refractivity (Wildman–Crippen MR) is 149 cm³/mol. The number of carbonyl (C=O) groups is 2. The van der Waals surface area contributed by atoms with E-state index in [-0.39, 0.29) is 29.3 Å². The molecule has 0 aliphatic carbocycles. The van der Waals surface area contributed by atoms with Gasteiger partial charge >= 0.3 is 0 Å². The first-order valence-corrected chi connectivity index (χ1v) is 13.2. The van der Waals surface area contributed by atoms with Crippen molar-refractivity contribution in [3.8, 4) is 0 Å². The van der Waals surface area contributed by atoms with Crippen LogP contribution in [-0.2, 0) is 22.6 Å². The number of hydrogen-bond acceptors (Lipinski definition) is 6. The van der Waals surface area contributed by atoms with Gasteiger partial charge in [-0.1, -0.05) is 88.7 Å². The van der Waals surface area contributed by atoms with Gasteiger partial charge in [-0.05, 0) is 34.9 Å². The molecule has 0 fully saturated rings. The Labute approximate surface area is 227 Å². The van der Waals surface area contributed by atoms with Crippen molar-refractivity contribution in [1.29, 1.82) is 0 Å². The molecule has 0 spiro atoms. The van der Waals surface area contributed by atoms with Crippen LogP contribution in [0.25, 0.3) is 5.57 Å². The van der Waals surface area contributed by atoms with E-state index in [2.05, 4.69) is 21.0 Å². The Balaban J connectivity index is 1.62. The molecule has 5 rings (SSSR count). The number of carbonyl (C=O) groups excluding carboxylic acids is 2. The maximum Gasteiger partial charge on any atom is 0.271 e. The molecule has 0 amide bonds. The van der Waals surface area contributed by atoms with Crippen LogP contribution in [0.3, 0.4) is 0 Å². The molecule has 1 aromatic heterocycles. The van der Waals surface area contributed by atoms with Gasteiger partial charge in [0.1, 0.15) is 6.61 Å². The standard InChI is InChI=1S/C29H22BrN3O3S/c30-24-14-12-23(13-15-24)25(18-26(34)33-17-7-16-31-33)29(19-21-8-3-1-4-9-21)27(35)37-28(32-29)36-20-22-10-5-2-6-11-22/h1-18H,19-20H2/b25-18+/t29-/m1/s1. The molecule has 0 saturated heterocycles. The smallest absolute Gasteiger partial charge is 0.271 e. The van der Waals surface area contributed by atoms with Crippen molar-refractivity contribution in [2.24, 2.45) is 4.99 Å². The maximum absolute atomic E-state index is 13.9. The van der Waals surface area contributed by atoms with Crippen molar-refractivity contribution < 1.29 is 14.3 Å². The van der Waals surface area contributed by atoms with E-state index in [1.807, 2.05) is 84.9 Å². The number of ether oxygens (including phenoxy) is 1. The van der Waals surface area contributed by atoms with Gasteiger partial charge in [-0.2, -0.15) is 5.10 Å². The SMILES string of the molecule is O=C(/C=C(\c1ccc(Br)cc1)[C@@]1(Cc2ccccc2)N=C(OCc2ccccc2)SC1=O)n1cccn1. The van der Waals surface area contributed by atoms with Gasteiger partial charge in [0.05, 0.1) is 0 Å². The highest BCUT2D eigenvalue weighted by atomic mass is 79.9. The van der Waals surface area contributed by atoms with E-state index in [0.717, 1.165) is 27.4 Å². The third kappa shape index (κ3) is 5.65. The highest BCUT2D eigenvalue weighted by molar-refractivity contribution is 9.10. The zero-order chi connectivity index (χ0) is 25.7. The second-order valence-corrected chi connectivity index (χ2v) is 10.3. The van der Waals surface area contributed by atoms with Gasteiger partial charge in [0, 0.05) is 46.7 Å². The summed E-state index contributed by atoms with van der Waals surface area (Å²) < 4.78 is 8.11. The first-order valence-electron chi connectivity index (χ1n) is 11.6. The molecular formula is C29H22BrN3O3S. The summed E-state index contributed by atoms with van der Waals surface area (Å²) in [6, 6.07) is 28.5. The first kappa shape index (κ1) is 24.9. The molecule has 8 heteroatoms. The van der Waals surface area contributed by atoms with Crippen molar-refractivity contribution in [3.63, 3.8) is 0 Å². The van der Waals surface area contributed by atoms with Crippen LogP contribution in [0.15, 0.2) is 119 Å². The monoisotopic (exact) mass is 571 g/mol. The molecule has 3 aromatic carbocycles. The van der Waals surface area contributed by atoms with Crippen molar-refractivity contribution in [1.82, 2.24) is 9.78 Å². The van der Waals surface area contributed by atoms with E-state index in [1.165, 1.54) is 17.0 Å². The zero-order valence-corrected chi connectivity index (χ0v) is 22.1. The molecular weight excluding hydrogens is 550 g/mol. The number of thioether (sulfide) groups is 1. The number of benzene rings is 3. The summed E-state index contributed by atoms with van der Waals surface area (Å²) in [5.41, 5.74) is 1.71. The number of aliphatic imine (C=N–C) groups is 1. The quantitative estimate of drug-likeness (QED) is 0.247. The van der Waals surface area contributed by atoms with Gasteiger partial charge in [-0.3, -0.25) is 9.59 Å². The fraction of sp³-hybridized carbons (Fsp3) is 0.103. The van der Waals surface area contributed by atoms with Crippen LogP contribution in [0.4, 0.5) is 0 Å². The minimum atomic E-state index is -1.37. The van der Waals surface area contributed by atoms with Gasteiger partial charge in [-0.25, -0.2) is 9.67 Å². The molecule has 0 N–H and O–H groups in total. The van der Waals surface area contributed by atoms with Crippen LogP contribution < -0.4 is 0 Å². The number of hydrogen-bond donors (Lipinski definition) is 0. The Hall–Kier alpha value is -3.75. The molecule has 184 valence electrons. The predicted octanol–water partition coefficient (Wildman–Crippen LogP) is 6.20. The Morgan fingerprint density at radius 2 is 1.62 bits per heavy atom. The van der Waals surface area contributed by atoms with Crippen molar-refractivity contribution in [2.75, 3.05) is 0 Å². The molecule has 0 saturated carbocycles. The lowest BCUT2D eigenvalue weighted by Gasteiger charge is -2.27. The summed E-state index contributed by atoms with van der Waals surface area (Å²) in [6.07, 6.45) is 4.84. The third-order valence-corrected chi connectivity index (χ3v) is 7.34. The van der Waals surface area contributed by atoms with Crippen LogP contribution >= 0.6 is 27.7 Å². The lowest BCUT2D eigenvalue weighted by molar-refractivity contribution is -0.113. The summed E-state index contributed by atoms with van der Waals surface area (Å²) >= 11 is 4.44. The van der Waals surface area contributed by atoms with Crippen LogP contribution in [-0.4, -0.2) is 31.6 Å². The molecule has 6 nitrogen and oxygen atoms in total. The molecule has 1 atom stereocenters. The lowest BCUT2D eigenvalue weighted by Crippen LogP contribution is -2.37. The second-order valence-electron chi connectivity index (χ2n) is 8.42. The van der Waals surface area contributed by atoms with E-state index in [4.69, 9.17) is 9.73 Å². The average molecular weight is 572 g/mol. The van der Waals surface area contributed by atoms with Gasteiger partial charge in [0.2, 0.25) is 5.12 Å². The normalized spacial score (nSPS) is 17.5. The average Bonchev–Trinajstić information content (AvgIpc) is 3.57. The Bertz CT molecular complexity index is 1450. The molecule has 0 radical (unpaired) electrons. The van der Waals surface area contributed by atoms with Gasteiger partial charge in [-0.15, -0.1) is 0 Å². The number of halogens is 1. The topological polar surface area (TPSA) is 73.5 Å². The van der Waals surface area contributed by atoms with Crippen molar-refractivity contribution in [2.45, 2.75) is 18.6 Å². The fourth-order valence-electron chi connectivity index (χ4n) is 4.10. The molecule has 1 aliphatic rings. The molecule has 37 heavy (non-hydrogen) atoms. The Kier molecular flexibility index (Phi) is 7.48. The Morgan fingerprint density at radius 1 is 0.946 bits per heavy atom. The molecule has 1 aliphatic heterocycles. The minimum Gasteiger partial charge on any atom is -0.468 e. The van der Waals surface area contributed by atoms with E-state index in [9.17, 15) is 9.59 Å². The van der Waals surface area contributed by atoms with Gasteiger partial charge < -0.3 is 4.74 Å². The van der Waals surface area contributed by atoms with Gasteiger partial charge in [0.15, 0.2) is 5.54 Å². The summed E-state index contributed by atoms with van der Waals surface area (Å²) in [6.45, 7) is 0.283.